The molecule has 2 rings (SSSR count). The molecular weight excluding hydrogens is 328 g/mol. The average molecular weight is 344 g/mol. The van der Waals surface area contributed by atoms with Crippen LogP contribution < -0.4 is 14.8 Å². The largest absolute Gasteiger partial charge is 0.493 e. The van der Waals surface area contributed by atoms with Gasteiger partial charge in [-0.05, 0) is 31.2 Å². The number of anilines is 1. The second-order valence-corrected chi connectivity index (χ2v) is 5.07. The van der Waals surface area contributed by atoms with Crippen molar-refractivity contribution in [2.45, 2.75) is 6.92 Å². The molecule has 130 valence electrons. The molecule has 0 bridgehead atoms. The molecule has 0 aliphatic carbocycles. The molecule has 0 saturated carbocycles. The lowest BCUT2D eigenvalue weighted by molar-refractivity contribution is -0.385. The molecule has 0 atom stereocenters. The normalized spacial score (nSPS) is 10.0. The van der Waals surface area contributed by atoms with Gasteiger partial charge >= 0.3 is 0 Å². The van der Waals surface area contributed by atoms with E-state index in [4.69, 9.17) is 9.47 Å². The SMILES string of the molecule is COc1cc(C(=O)Nc2ccc(C(C)=O)cc2)c([N+](=O)[O-])cc1OC. The fourth-order valence-corrected chi connectivity index (χ4v) is 2.19. The van der Waals surface area contributed by atoms with Crippen LogP contribution in [0, 0.1) is 10.1 Å². The summed E-state index contributed by atoms with van der Waals surface area (Å²) in [6.45, 7) is 1.43. The molecule has 0 aliphatic rings. The third kappa shape index (κ3) is 3.92. The predicted molar refractivity (Wildman–Crippen MR) is 90.6 cm³/mol. The fourth-order valence-electron chi connectivity index (χ4n) is 2.19. The summed E-state index contributed by atoms with van der Waals surface area (Å²) < 4.78 is 10.1. The summed E-state index contributed by atoms with van der Waals surface area (Å²) in [5.41, 5.74) is 0.322. The van der Waals surface area contributed by atoms with Crippen molar-refractivity contribution in [3.63, 3.8) is 0 Å². The molecule has 8 nitrogen and oxygen atoms in total. The number of amides is 1. The van der Waals surface area contributed by atoms with E-state index in [1.54, 1.807) is 24.3 Å². The number of Topliss-reactive ketones (excluding diaryl/α,β-unsaturated/α-hetero) is 1. The first-order valence-electron chi connectivity index (χ1n) is 7.20. The van der Waals surface area contributed by atoms with E-state index < -0.39 is 16.5 Å². The molecule has 1 amide bonds. The minimum Gasteiger partial charge on any atom is -0.493 e. The monoisotopic (exact) mass is 344 g/mol. The van der Waals surface area contributed by atoms with Crippen LogP contribution in [0.15, 0.2) is 36.4 Å². The number of ether oxygens (including phenoxy) is 2. The van der Waals surface area contributed by atoms with Crippen LogP contribution in [0.5, 0.6) is 11.5 Å². The van der Waals surface area contributed by atoms with Crippen molar-refractivity contribution < 1.29 is 24.0 Å². The Bertz CT molecular complexity index is 830. The lowest BCUT2D eigenvalue weighted by Gasteiger charge is -2.11. The zero-order valence-electron chi connectivity index (χ0n) is 13.9. The zero-order chi connectivity index (χ0) is 18.6. The number of nitro groups is 1. The summed E-state index contributed by atoms with van der Waals surface area (Å²) in [5, 5.41) is 13.8. The highest BCUT2D eigenvalue weighted by Gasteiger charge is 2.24. The number of nitro benzene ring substituents is 1. The van der Waals surface area contributed by atoms with E-state index >= 15 is 0 Å². The summed E-state index contributed by atoms with van der Waals surface area (Å²) >= 11 is 0. The van der Waals surface area contributed by atoms with E-state index in [1.165, 1.54) is 27.2 Å². The maximum Gasteiger partial charge on any atom is 0.286 e. The Morgan fingerprint density at radius 1 is 1.04 bits per heavy atom. The highest BCUT2D eigenvalue weighted by Crippen LogP contribution is 2.34. The molecule has 0 unspecified atom stereocenters. The Labute approximate surface area is 143 Å². The number of hydrogen-bond donors (Lipinski definition) is 1. The molecule has 0 spiro atoms. The number of nitrogens with one attached hydrogen (secondary N) is 1. The van der Waals surface area contributed by atoms with Crippen LogP contribution in [0.2, 0.25) is 0 Å². The topological polar surface area (TPSA) is 108 Å². The smallest absolute Gasteiger partial charge is 0.286 e. The highest BCUT2D eigenvalue weighted by molar-refractivity contribution is 6.07. The maximum absolute atomic E-state index is 12.4. The molecule has 0 heterocycles. The van der Waals surface area contributed by atoms with Crippen molar-refractivity contribution in [2.75, 3.05) is 19.5 Å². The van der Waals surface area contributed by atoms with E-state index in [-0.39, 0.29) is 22.8 Å². The van der Waals surface area contributed by atoms with Gasteiger partial charge in [0.2, 0.25) is 0 Å². The van der Waals surface area contributed by atoms with Gasteiger partial charge in [0.15, 0.2) is 17.3 Å². The van der Waals surface area contributed by atoms with E-state index in [0.29, 0.717) is 11.3 Å². The summed E-state index contributed by atoms with van der Waals surface area (Å²) in [7, 11) is 2.71. The quantitative estimate of drug-likeness (QED) is 0.490. The molecule has 2 aromatic rings. The van der Waals surface area contributed by atoms with Crippen molar-refractivity contribution in [2.24, 2.45) is 0 Å². The molecule has 25 heavy (non-hydrogen) atoms. The second-order valence-electron chi connectivity index (χ2n) is 5.07. The number of nitrogens with zero attached hydrogens (tertiary/aromatic N) is 1. The van der Waals surface area contributed by atoms with Gasteiger partial charge in [0.05, 0.1) is 25.2 Å². The van der Waals surface area contributed by atoms with Crippen molar-refractivity contribution >= 4 is 23.1 Å². The van der Waals surface area contributed by atoms with E-state index in [2.05, 4.69) is 5.32 Å². The maximum atomic E-state index is 12.4. The molecule has 2 aromatic carbocycles. The number of carbonyl (C=O) groups is 2. The van der Waals surface area contributed by atoms with Crippen LogP contribution in [0.3, 0.4) is 0 Å². The molecule has 0 saturated heterocycles. The highest BCUT2D eigenvalue weighted by atomic mass is 16.6. The van der Waals surface area contributed by atoms with Crippen LogP contribution in [0.4, 0.5) is 11.4 Å². The van der Waals surface area contributed by atoms with E-state index in [0.717, 1.165) is 6.07 Å². The molecule has 1 N–H and O–H groups in total. The van der Waals surface area contributed by atoms with Gasteiger partial charge in [-0.1, -0.05) is 0 Å². The third-order valence-corrected chi connectivity index (χ3v) is 3.49. The minimum absolute atomic E-state index is 0.103. The van der Waals surface area contributed by atoms with Gasteiger partial charge in [0, 0.05) is 17.3 Å². The second kappa shape index (κ2) is 7.43. The van der Waals surface area contributed by atoms with Crippen LogP contribution in [0.1, 0.15) is 27.6 Å². The van der Waals surface area contributed by atoms with Crippen LogP contribution in [-0.4, -0.2) is 30.8 Å². The van der Waals surface area contributed by atoms with Crippen molar-refractivity contribution in [1.29, 1.82) is 0 Å². The van der Waals surface area contributed by atoms with Gasteiger partial charge < -0.3 is 14.8 Å². The average Bonchev–Trinajstić information content (AvgIpc) is 2.60. The Balaban J connectivity index is 2.37. The van der Waals surface area contributed by atoms with Gasteiger partial charge in [-0.25, -0.2) is 0 Å². The van der Waals surface area contributed by atoms with Crippen molar-refractivity contribution in [3.05, 3.63) is 57.6 Å². The molecule has 0 aliphatic heterocycles. The lowest BCUT2D eigenvalue weighted by Crippen LogP contribution is -2.14. The molecular formula is C17H16N2O6. The Hall–Kier alpha value is -3.42. The van der Waals surface area contributed by atoms with Crippen molar-refractivity contribution in [3.8, 4) is 11.5 Å². The van der Waals surface area contributed by atoms with Gasteiger partial charge in [-0.2, -0.15) is 0 Å². The fraction of sp³-hybridized carbons (Fsp3) is 0.176. The van der Waals surface area contributed by atoms with E-state index in [9.17, 15) is 19.7 Å². The van der Waals surface area contributed by atoms with Gasteiger partial charge in [-0.15, -0.1) is 0 Å². The summed E-state index contributed by atoms with van der Waals surface area (Å²) in [6.07, 6.45) is 0. The Kier molecular flexibility index (Phi) is 5.33. The molecule has 0 radical (unpaired) electrons. The zero-order valence-corrected chi connectivity index (χ0v) is 13.9. The molecule has 8 heteroatoms. The van der Waals surface area contributed by atoms with Gasteiger partial charge in [-0.3, -0.25) is 19.7 Å². The van der Waals surface area contributed by atoms with Gasteiger partial charge in [0.25, 0.3) is 11.6 Å². The van der Waals surface area contributed by atoms with Crippen LogP contribution >= 0.6 is 0 Å². The Morgan fingerprint density at radius 3 is 2.08 bits per heavy atom. The first kappa shape index (κ1) is 17.9. The number of benzene rings is 2. The summed E-state index contributed by atoms with van der Waals surface area (Å²) in [5.74, 6) is -0.432. The standard InChI is InChI=1S/C17H16N2O6/c1-10(20)11-4-6-12(7-5-11)18-17(21)13-8-15(24-2)16(25-3)9-14(13)19(22)23/h4-9H,1-3H3,(H,18,21). The summed E-state index contributed by atoms with van der Waals surface area (Å²) in [4.78, 5) is 34.3. The van der Waals surface area contributed by atoms with Crippen molar-refractivity contribution in [1.82, 2.24) is 0 Å². The number of carbonyl (C=O) groups excluding carboxylic acids is 2. The van der Waals surface area contributed by atoms with Crippen LogP contribution in [-0.2, 0) is 0 Å². The number of ketones is 1. The Morgan fingerprint density at radius 2 is 1.60 bits per heavy atom. The predicted octanol–water partition coefficient (Wildman–Crippen LogP) is 3.07. The number of methoxy groups -OCH3 is 2. The molecule has 0 aromatic heterocycles. The number of rotatable bonds is 6. The van der Waals surface area contributed by atoms with E-state index in [1.807, 2.05) is 0 Å². The van der Waals surface area contributed by atoms with Crippen LogP contribution in [0.25, 0.3) is 0 Å². The minimum atomic E-state index is -0.678. The first-order chi connectivity index (χ1) is 11.9. The molecule has 0 fully saturated rings. The first-order valence-corrected chi connectivity index (χ1v) is 7.20. The number of hydrogen-bond acceptors (Lipinski definition) is 6. The lowest BCUT2D eigenvalue weighted by atomic mass is 10.1. The van der Waals surface area contributed by atoms with Gasteiger partial charge in [0.1, 0.15) is 5.56 Å². The summed E-state index contributed by atoms with van der Waals surface area (Å²) in [6, 6.07) is 8.58. The third-order valence-electron chi connectivity index (χ3n) is 3.49.